The molecule has 1 aromatic rings. The van der Waals surface area contributed by atoms with E-state index in [4.69, 9.17) is 16.3 Å². The zero-order valence-electron chi connectivity index (χ0n) is 10.8. The summed E-state index contributed by atoms with van der Waals surface area (Å²) < 4.78 is 12.9. The highest BCUT2D eigenvalue weighted by Crippen LogP contribution is 2.20. The van der Waals surface area contributed by atoms with Crippen LogP contribution in [0.4, 0.5) is 0 Å². The lowest BCUT2D eigenvalue weighted by Gasteiger charge is -2.29. The first-order chi connectivity index (χ1) is 7.79. The molecule has 0 spiro atoms. The van der Waals surface area contributed by atoms with Gasteiger partial charge < -0.3 is 15.2 Å². The van der Waals surface area contributed by atoms with E-state index in [-0.39, 0.29) is 41.6 Å². The van der Waals surface area contributed by atoms with Gasteiger partial charge in [0.15, 0.2) is 0 Å². The average Bonchev–Trinajstić information content (AvgIpc) is 2.57. The van der Waals surface area contributed by atoms with Gasteiger partial charge in [-0.1, -0.05) is 11.6 Å². The number of hydrogen-bond acceptors (Lipinski definition) is 6. The Labute approximate surface area is 123 Å². The third-order valence-electron chi connectivity index (χ3n) is 2.05. The molecule has 106 valence electrons. The maximum Gasteiger partial charge on any atom is 0.265 e. The van der Waals surface area contributed by atoms with E-state index in [1.54, 1.807) is 0 Å². The Morgan fingerprint density at radius 3 is 2.50 bits per heavy atom. The third-order valence-corrected chi connectivity index (χ3v) is 2.91. The molecule has 0 aromatic carbocycles. The highest BCUT2D eigenvalue weighted by atomic mass is 35.5. The minimum atomic E-state index is -0.632. The van der Waals surface area contributed by atoms with E-state index in [0.717, 1.165) is 11.7 Å². The Kier molecular flexibility index (Phi) is 7.39. The fourth-order valence-electron chi connectivity index (χ4n) is 1.34. The monoisotopic (exact) mass is 315 g/mol. The second-order valence-corrected chi connectivity index (χ2v) is 5.81. The number of hydrogen-bond donors (Lipinski definition) is 2. The molecule has 2 atom stereocenters. The van der Waals surface area contributed by atoms with Crippen molar-refractivity contribution in [2.45, 2.75) is 45.4 Å². The molecule has 0 aliphatic rings. The number of ether oxygens (including phenoxy) is 1. The van der Waals surface area contributed by atoms with Gasteiger partial charge in [-0.2, -0.15) is 4.37 Å². The highest BCUT2D eigenvalue weighted by molar-refractivity contribution is 6.99. The molecule has 0 bridgehead atoms. The highest BCUT2D eigenvalue weighted by Gasteiger charge is 2.21. The standard InChI is InChI=1S/C10H18ClN3O2S.ClH/c1-6(12-10(2,3)4)7(15)5-16-9-8(11)13-17-14-9;/h6-7,12,15H,5H2,1-4H3;1H. The van der Waals surface area contributed by atoms with Crippen LogP contribution in [0.5, 0.6) is 5.88 Å². The minimum Gasteiger partial charge on any atom is -0.472 e. The van der Waals surface area contributed by atoms with E-state index >= 15 is 0 Å². The molecule has 0 aliphatic carbocycles. The topological polar surface area (TPSA) is 67.3 Å². The lowest BCUT2D eigenvalue weighted by Crippen LogP contribution is -2.49. The van der Waals surface area contributed by atoms with Gasteiger partial charge in [0.2, 0.25) is 5.15 Å². The Bertz CT molecular complexity index is 357. The minimum absolute atomic E-state index is 0. The molecular weight excluding hydrogens is 297 g/mol. The van der Waals surface area contributed by atoms with E-state index < -0.39 is 6.10 Å². The van der Waals surface area contributed by atoms with Gasteiger partial charge in [-0.3, -0.25) is 0 Å². The second kappa shape index (κ2) is 7.45. The van der Waals surface area contributed by atoms with E-state index in [0.29, 0.717) is 0 Å². The number of nitrogens with one attached hydrogen (secondary N) is 1. The molecule has 5 nitrogen and oxygen atoms in total. The number of nitrogens with zero attached hydrogens (tertiary/aromatic N) is 2. The maximum atomic E-state index is 9.90. The van der Waals surface area contributed by atoms with Crippen LogP contribution < -0.4 is 10.1 Å². The first kappa shape index (κ1) is 17.9. The molecule has 0 saturated carbocycles. The quantitative estimate of drug-likeness (QED) is 0.871. The van der Waals surface area contributed by atoms with Gasteiger partial charge in [0, 0.05) is 11.6 Å². The van der Waals surface area contributed by atoms with E-state index in [1.165, 1.54) is 0 Å². The summed E-state index contributed by atoms with van der Waals surface area (Å²) >= 11 is 6.71. The predicted molar refractivity (Wildman–Crippen MR) is 76.0 cm³/mol. The third kappa shape index (κ3) is 6.15. The van der Waals surface area contributed by atoms with E-state index in [1.807, 2.05) is 27.7 Å². The molecule has 2 N–H and O–H groups in total. The van der Waals surface area contributed by atoms with Crippen molar-refractivity contribution >= 4 is 35.7 Å². The lowest BCUT2D eigenvalue weighted by atomic mass is 10.1. The zero-order chi connectivity index (χ0) is 13.1. The van der Waals surface area contributed by atoms with E-state index in [2.05, 4.69) is 14.1 Å². The summed E-state index contributed by atoms with van der Waals surface area (Å²) in [7, 11) is 0. The summed E-state index contributed by atoms with van der Waals surface area (Å²) in [6.45, 7) is 8.16. The largest absolute Gasteiger partial charge is 0.472 e. The Hall–Kier alpha value is -0.140. The molecule has 2 unspecified atom stereocenters. The average molecular weight is 316 g/mol. The van der Waals surface area contributed by atoms with Crippen molar-refractivity contribution in [2.75, 3.05) is 6.61 Å². The number of halogens is 2. The van der Waals surface area contributed by atoms with Crippen LogP contribution in [0.3, 0.4) is 0 Å². The molecule has 0 amide bonds. The summed E-state index contributed by atoms with van der Waals surface area (Å²) in [4.78, 5) is 0. The van der Waals surface area contributed by atoms with Crippen molar-refractivity contribution in [3.8, 4) is 5.88 Å². The molecule has 0 fully saturated rings. The summed E-state index contributed by atoms with van der Waals surface area (Å²) in [5.74, 6) is 0.277. The molecule has 0 saturated heterocycles. The summed E-state index contributed by atoms with van der Waals surface area (Å²) in [5.41, 5.74) is -0.0553. The maximum absolute atomic E-state index is 9.90. The van der Waals surface area contributed by atoms with Crippen molar-refractivity contribution in [3.63, 3.8) is 0 Å². The lowest BCUT2D eigenvalue weighted by molar-refractivity contribution is 0.0684. The smallest absolute Gasteiger partial charge is 0.265 e. The fourth-order valence-corrected chi connectivity index (χ4v) is 1.99. The second-order valence-electron chi connectivity index (χ2n) is 4.92. The van der Waals surface area contributed by atoms with Gasteiger partial charge in [0.25, 0.3) is 5.88 Å². The molecule has 1 rings (SSSR count). The SMILES string of the molecule is CC(NC(C)(C)C)C(O)COc1nsnc1Cl.Cl. The first-order valence-corrected chi connectivity index (χ1v) is 6.47. The number of rotatable bonds is 5. The van der Waals surface area contributed by atoms with Crippen LogP contribution in [-0.2, 0) is 0 Å². The van der Waals surface area contributed by atoms with Gasteiger partial charge in [-0.15, -0.1) is 16.8 Å². The first-order valence-electron chi connectivity index (χ1n) is 5.36. The Morgan fingerprint density at radius 2 is 2.06 bits per heavy atom. The van der Waals surface area contributed by atoms with Crippen molar-refractivity contribution in [3.05, 3.63) is 5.15 Å². The molecule has 1 aromatic heterocycles. The summed E-state index contributed by atoms with van der Waals surface area (Å²) in [5, 5.41) is 13.4. The summed E-state index contributed by atoms with van der Waals surface area (Å²) in [6, 6.07) is -0.0830. The molecule has 18 heavy (non-hydrogen) atoms. The van der Waals surface area contributed by atoms with Crippen LogP contribution in [-0.4, -0.2) is 38.1 Å². The van der Waals surface area contributed by atoms with Gasteiger partial charge >= 0.3 is 0 Å². The van der Waals surface area contributed by atoms with Crippen molar-refractivity contribution < 1.29 is 9.84 Å². The molecule has 8 heteroatoms. The summed E-state index contributed by atoms with van der Waals surface area (Å²) in [6.07, 6.45) is -0.632. The van der Waals surface area contributed by atoms with Crippen LogP contribution in [0.25, 0.3) is 0 Å². The normalized spacial score (nSPS) is 14.8. The van der Waals surface area contributed by atoms with Crippen LogP contribution in [0.15, 0.2) is 0 Å². The van der Waals surface area contributed by atoms with Crippen LogP contribution in [0.2, 0.25) is 5.15 Å². The van der Waals surface area contributed by atoms with Gasteiger partial charge in [-0.25, -0.2) is 0 Å². The molecule has 0 aliphatic heterocycles. The Morgan fingerprint density at radius 1 is 1.44 bits per heavy atom. The molecule has 1 heterocycles. The number of aliphatic hydroxyl groups is 1. The van der Waals surface area contributed by atoms with Gasteiger partial charge in [-0.05, 0) is 27.7 Å². The fraction of sp³-hybridized carbons (Fsp3) is 0.800. The van der Waals surface area contributed by atoms with Crippen molar-refractivity contribution in [1.82, 2.24) is 14.1 Å². The van der Waals surface area contributed by atoms with Crippen LogP contribution in [0, 0.1) is 0 Å². The number of aromatic nitrogens is 2. The zero-order valence-corrected chi connectivity index (χ0v) is 13.2. The van der Waals surface area contributed by atoms with Gasteiger partial charge in [0.1, 0.15) is 12.7 Å². The van der Waals surface area contributed by atoms with Crippen molar-refractivity contribution in [2.24, 2.45) is 0 Å². The van der Waals surface area contributed by atoms with Crippen molar-refractivity contribution in [1.29, 1.82) is 0 Å². The molecule has 0 radical (unpaired) electrons. The van der Waals surface area contributed by atoms with Crippen LogP contribution in [0.1, 0.15) is 27.7 Å². The van der Waals surface area contributed by atoms with Gasteiger partial charge in [0.05, 0.1) is 11.7 Å². The molecular formula is C10H19Cl2N3O2S. The van der Waals surface area contributed by atoms with Crippen LogP contribution >= 0.6 is 35.7 Å². The number of aliphatic hydroxyl groups excluding tert-OH is 1. The van der Waals surface area contributed by atoms with E-state index in [9.17, 15) is 5.11 Å². The Balaban J connectivity index is 0.00000289. The predicted octanol–water partition coefficient (Wildman–Crippen LogP) is 2.13.